The van der Waals surface area contributed by atoms with E-state index < -0.39 is 11.6 Å². The fraction of sp³-hybridized carbons (Fsp3) is 0.333. The summed E-state index contributed by atoms with van der Waals surface area (Å²) in [6, 6.07) is 10.7. The Kier molecular flexibility index (Phi) is 4.83. The topological polar surface area (TPSA) is 76.1 Å². The number of fused-ring (bicyclic) bond motifs is 1. The number of carbonyl (C=O) groups excluding carboxylic acids is 2. The Labute approximate surface area is 158 Å². The number of amides is 1. The van der Waals surface area contributed by atoms with E-state index in [1.54, 1.807) is 11.0 Å². The van der Waals surface area contributed by atoms with E-state index in [-0.39, 0.29) is 17.4 Å². The van der Waals surface area contributed by atoms with Gasteiger partial charge in [-0.1, -0.05) is 18.2 Å². The van der Waals surface area contributed by atoms with Gasteiger partial charge in [-0.25, -0.2) is 9.59 Å². The third-order valence-electron chi connectivity index (χ3n) is 4.32. The van der Waals surface area contributed by atoms with Crippen LogP contribution < -0.4 is 0 Å². The van der Waals surface area contributed by atoms with E-state index in [1.165, 1.54) is 19.2 Å². The number of hydrogen-bond acceptors (Lipinski definition) is 5. The van der Waals surface area contributed by atoms with E-state index in [9.17, 15) is 14.7 Å². The number of phenols is 1. The summed E-state index contributed by atoms with van der Waals surface area (Å²) in [5.41, 5.74) is 3.37. The van der Waals surface area contributed by atoms with Crippen LogP contribution in [0.4, 0.5) is 4.79 Å². The Morgan fingerprint density at radius 1 is 1.00 bits per heavy atom. The van der Waals surface area contributed by atoms with Crippen molar-refractivity contribution in [2.24, 2.45) is 0 Å². The highest BCUT2D eigenvalue weighted by molar-refractivity contribution is 5.93. The van der Waals surface area contributed by atoms with Crippen LogP contribution in [0.2, 0.25) is 0 Å². The van der Waals surface area contributed by atoms with Gasteiger partial charge in [0.2, 0.25) is 0 Å². The van der Waals surface area contributed by atoms with Crippen LogP contribution in [0.25, 0.3) is 11.1 Å². The van der Waals surface area contributed by atoms with Crippen molar-refractivity contribution >= 4 is 12.1 Å². The number of aromatic hydroxyl groups is 1. The largest absolute Gasteiger partial charge is 0.507 e. The second-order valence-corrected chi connectivity index (χ2v) is 7.54. The van der Waals surface area contributed by atoms with Crippen LogP contribution in [-0.4, -0.2) is 34.8 Å². The van der Waals surface area contributed by atoms with Crippen molar-refractivity contribution in [2.75, 3.05) is 7.11 Å². The fourth-order valence-corrected chi connectivity index (χ4v) is 3.02. The van der Waals surface area contributed by atoms with Gasteiger partial charge in [-0.2, -0.15) is 0 Å². The minimum atomic E-state index is -0.582. The Morgan fingerprint density at radius 3 is 2.26 bits per heavy atom. The highest BCUT2D eigenvalue weighted by atomic mass is 16.6. The zero-order chi connectivity index (χ0) is 19.8. The number of methoxy groups -OCH3 is 1. The molecule has 142 valence electrons. The number of nitrogens with zero attached hydrogens (tertiary/aromatic N) is 1. The highest BCUT2D eigenvalue weighted by Gasteiger charge is 2.28. The number of carbonyl (C=O) groups is 2. The second kappa shape index (κ2) is 6.95. The third kappa shape index (κ3) is 4.05. The molecule has 0 saturated heterocycles. The molecule has 2 aromatic carbocycles. The summed E-state index contributed by atoms with van der Waals surface area (Å²) in [6.45, 7) is 6.52. The van der Waals surface area contributed by atoms with Crippen molar-refractivity contribution in [3.63, 3.8) is 0 Å². The normalized spacial score (nSPS) is 13.3. The summed E-state index contributed by atoms with van der Waals surface area (Å²) in [7, 11) is 1.27. The molecule has 2 aromatic rings. The number of benzene rings is 2. The van der Waals surface area contributed by atoms with Crippen molar-refractivity contribution in [1.82, 2.24) is 4.90 Å². The maximum Gasteiger partial charge on any atom is 0.410 e. The molecule has 0 spiro atoms. The van der Waals surface area contributed by atoms with Crippen molar-refractivity contribution in [3.05, 3.63) is 53.1 Å². The summed E-state index contributed by atoms with van der Waals surface area (Å²) >= 11 is 0. The lowest BCUT2D eigenvalue weighted by molar-refractivity contribution is 0.0241. The van der Waals surface area contributed by atoms with Crippen LogP contribution >= 0.6 is 0 Å². The maximum atomic E-state index is 12.3. The van der Waals surface area contributed by atoms with E-state index in [4.69, 9.17) is 4.74 Å². The molecule has 0 atom stereocenters. The van der Waals surface area contributed by atoms with Crippen molar-refractivity contribution in [3.8, 4) is 16.9 Å². The van der Waals surface area contributed by atoms with Crippen molar-refractivity contribution < 1.29 is 24.2 Å². The Hall–Kier alpha value is -3.02. The van der Waals surface area contributed by atoms with Gasteiger partial charge >= 0.3 is 12.1 Å². The van der Waals surface area contributed by atoms with E-state index in [0.717, 1.165) is 22.3 Å². The molecule has 0 radical (unpaired) electrons. The van der Waals surface area contributed by atoms with E-state index in [0.29, 0.717) is 13.1 Å². The average Bonchev–Trinajstić information content (AvgIpc) is 3.03. The number of hydrogen-bond donors (Lipinski definition) is 1. The summed E-state index contributed by atoms with van der Waals surface area (Å²) in [5, 5.41) is 10.1. The van der Waals surface area contributed by atoms with Gasteiger partial charge in [0.1, 0.15) is 16.9 Å². The molecule has 0 fully saturated rings. The maximum absolute atomic E-state index is 12.3. The zero-order valence-electron chi connectivity index (χ0n) is 15.9. The quantitative estimate of drug-likeness (QED) is 0.807. The first-order valence-corrected chi connectivity index (χ1v) is 8.69. The highest BCUT2D eigenvalue weighted by Crippen LogP contribution is 2.32. The number of ether oxygens (including phenoxy) is 2. The van der Waals surface area contributed by atoms with Crippen LogP contribution in [0.5, 0.6) is 5.75 Å². The Morgan fingerprint density at radius 2 is 1.63 bits per heavy atom. The molecule has 0 bridgehead atoms. The molecule has 1 amide bonds. The monoisotopic (exact) mass is 369 g/mol. The number of phenolic OH excluding ortho intramolecular Hbond substituents is 1. The summed E-state index contributed by atoms with van der Waals surface area (Å²) in [5.74, 6) is -0.712. The van der Waals surface area contributed by atoms with Gasteiger partial charge in [-0.3, -0.25) is 4.90 Å². The third-order valence-corrected chi connectivity index (χ3v) is 4.32. The fourth-order valence-electron chi connectivity index (χ4n) is 3.02. The van der Waals surface area contributed by atoms with Crippen LogP contribution in [-0.2, 0) is 22.6 Å². The van der Waals surface area contributed by atoms with E-state index in [1.807, 2.05) is 39.0 Å². The van der Waals surface area contributed by atoms with Gasteiger partial charge in [-0.15, -0.1) is 0 Å². The van der Waals surface area contributed by atoms with Crippen molar-refractivity contribution in [2.45, 2.75) is 39.5 Å². The zero-order valence-corrected chi connectivity index (χ0v) is 15.9. The first-order chi connectivity index (χ1) is 12.7. The van der Waals surface area contributed by atoms with Crippen molar-refractivity contribution in [1.29, 1.82) is 0 Å². The molecule has 1 N–H and O–H groups in total. The standard InChI is InChI=1S/C21H23NO5/c1-21(2,3)27-20(25)22-11-15-6-5-13(9-16(15)12-22)14-7-8-17(18(23)10-14)19(24)26-4/h5-10,23H,11-12H2,1-4H3. The lowest BCUT2D eigenvalue weighted by Gasteiger charge is -2.24. The molecule has 0 saturated carbocycles. The molecular weight excluding hydrogens is 346 g/mol. The lowest BCUT2D eigenvalue weighted by atomic mass is 9.99. The first-order valence-electron chi connectivity index (χ1n) is 8.69. The smallest absolute Gasteiger partial charge is 0.410 e. The SMILES string of the molecule is COC(=O)c1ccc(-c2ccc3c(c2)CN(C(=O)OC(C)(C)C)C3)cc1O. The van der Waals surface area contributed by atoms with E-state index in [2.05, 4.69) is 4.74 Å². The van der Waals surface area contributed by atoms with Gasteiger partial charge in [0.05, 0.1) is 7.11 Å². The Balaban J connectivity index is 1.81. The average molecular weight is 369 g/mol. The summed E-state index contributed by atoms with van der Waals surface area (Å²) in [6.07, 6.45) is -0.333. The van der Waals surface area contributed by atoms with Gasteiger partial charge in [-0.05, 0) is 61.2 Å². The summed E-state index contributed by atoms with van der Waals surface area (Å²) in [4.78, 5) is 25.6. The Bertz CT molecular complexity index is 898. The second-order valence-electron chi connectivity index (χ2n) is 7.54. The molecule has 27 heavy (non-hydrogen) atoms. The van der Waals surface area contributed by atoms with Crippen LogP contribution in [0.3, 0.4) is 0 Å². The van der Waals surface area contributed by atoms with Gasteiger partial charge in [0, 0.05) is 13.1 Å². The molecule has 6 nitrogen and oxygen atoms in total. The molecule has 0 aromatic heterocycles. The predicted molar refractivity (Wildman–Crippen MR) is 100 cm³/mol. The first kappa shape index (κ1) is 18.8. The minimum Gasteiger partial charge on any atom is -0.507 e. The van der Waals surface area contributed by atoms with Gasteiger partial charge in [0.25, 0.3) is 0 Å². The van der Waals surface area contributed by atoms with Gasteiger partial charge in [0.15, 0.2) is 0 Å². The number of rotatable bonds is 2. The van der Waals surface area contributed by atoms with Crippen LogP contribution in [0.15, 0.2) is 36.4 Å². The lowest BCUT2D eigenvalue weighted by Crippen LogP contribution is -2.33. The molecule has 3 rings (SSSR count). The van der Waals surface area contributed by atoms with Crippen LogP contribution in [0, 0.1) is 0 Å². The van der Waals surface area contributed by atoms with E-state index >= 15 is 0 Å². The minimum absolute atomic E-state index is 0.124. The molecule has 0 unspecified atom stereocenters. The molecule has 0 aliphatic carbocycles. The van der Waals surface area contributed by atoms with Gasteiger partial charge < -0.3 is 14.6 Å². The molecule has 1 aliphatic rings. The molecule has 1 heterocycles. The molecular formula is C21H23NO5. The summed E-state index contributed by atoms with van der Waals surface area (Å²) < 4.78 is 10.1. The molecule has 1 aliphatic heterocycles. The predicted octanol–water partition coefficient (Wildman–Crippen LogP) is 4.10. The van der Waals surface area contributed by atoms with Crippen LogP contribution in [0.1, 0.15) is 42.3 Å². The molecule has 6 heteroatoms. The number of esters is 1.